The number of rotatable bonds is 4. The highest BCUT2D eigenvalue weighted by Crippen LogP contribution is 2.57. The van der Waals surface area contributed by atoms with Crippen LogP contribution in [-0.4, -0.2) is 34.8 Å². The minimum absolute atomic E-state index is 0.334. The predicted octanol–water partition coefficient (Wildman–Crippen LogP) is 2.51. The zero-order valence-corrected chi connectivity index (χ0v) is 11.8. The van der Waals surface area contributed by atoms with Gasteiger partial charge in [-0.1, -0.05) is 11.6 Å². The van der Waals surface area contributed by atoms with Crippen LogP contribution in [0.1, 0.15) is 32.1 Å². The molecule has 3 rings (SSSR count). The molecule has 4 nitrogen and oxygen atoms in total. The Hall–Kier alpha value is -0.870. The third-order valence-corrected chi connectivity index (χ3v) is 4.95. The van der Waals surface area contributed by atoms with Crippen LogP contribution in [0.4, 0.5) is 5.95 Å². The lowest BCUT2D eigenvalue weighted by Gasteiger charge is -2.36. The van der Waals surface area contributed by atoms with Gasteiger partial charge in [0.2, 0.25) is 5.95 Å². The van der Waals surface area contributed by atoms with Crippen molar-refractivity contribution in [3.8, 4) is 0 Å². The molecule has 1 saturated carbocycles. The maximum Gasteiger partial charge on any atom is 0.225 e. The van der Waals surface area contributed by atoms with Crippen LogP contribution in [0.2, 0.25) is 5.02 Å². The molecule has 0 amide bonds. The largest absolute Gasteiger partial charge is 0.396 e. The highest BCUT2D eigenvalue weighted by atomic mass is 35.5. The van der Waals surface area contributed by atoms with Gasteiger partial charge in [-0.05, 0) is 43.4 Å². The van der Waals surface area contributed by atoms with Crippen LogP contribution in [0, 0.1) is 11.3 Å². The lowest BCUT2D eigenvalue weighted by molar-refractivity contribution is 0.181. The van der Waals surface area contributed by atoms with E-state index in [-0.39, 0.29) is 0 Å². The van der Waals surface area contributed by atoms with Crippen molar-refractivity contribution in [1.29, 1.82) is 0 Å². The lowest BCUT2D eigenvalue weighted by atomic mass is 9.80. The fourth-order valence-electron chi connectivity index (χ4n) is 3.41. The molecule has 1 saturated heterocycles. The zero-order chi connectivity index (χ0) is 13.3. The van der Waals surface area contributed by atoms with E-state index in [9.17, 15) is 5.11 Å². The van der Waals surface area contributed by atoms with Gasteiger partial charge < -0.3 is 10.0 Å². The van der Waals surface area contributed by atoms with Crippen LogP contribution in [0.3, 0.4) is 0 Å². The fraction of sp³-hybridized carbons (Fsp3) is 0.714. The Kier molecular flexibility index (Phi) is 3.63. The van der Waals surface area contributed by atoms with Gasteiger partial charge in [-0.2, -0.15) is 0 Å². The van der Waals surface area contributed by atoms with Gasteiger partial charge in [-0.3, -0.25) is 0 Å². The molecular formula is C14H20ClN3O. The molecule has 1 aliphatic heterocycles. The van der Waals surface area contributed by atoms with Gasteiger partial charge in [0.25, 0.3) is 0 Å². The summed E-state index contributed by atoms with van der Waals surface area (Å²) >= 11 is 5.81. The Bertz CT molecular complexity index is 425. The molecule has 0 aromatic carbocycles. The SMILES string of the molecule is OCCC1(C2CCN(c3ncc(Cl)cn3)CC2)CC1. The molecule has 2 heterocycles. The Balaban J connectivity index is 1.59. The number of aromatic nitrogens is 2. The third-order valence-electron chi connectivity index (χ3n) is 4.75. The molecule has 0 spiro atoms. The van der Waals surface area contributed by atoms with Gasteiger partial charge in [0.15, 0.2) is 0 Å². The third kappa shape index (κ3) is 2.70. The minimum atomic E-state index is 0.334. The molecule has 5 heteroatoms. The summed E-state index contributed by atoms with van der Waals surface area (Å²) in [7, 11) is 0. The van der Waals surface area contributed by atoms with E-state index in [1.54, 1.807) is 12.4 Å². The topological polar surface area (TPSA) is 49.2 Å². The van der Waals surface area contributed by atoms with Crippen LogP contribution in [0.25, 0.3) is 0 Å². The number of hydrogen-bond acceptors (Lipinski definition) is 4. The molecule has 1 aromatic heterocycles. The summed E-state index contributed by atoms with van der Waals surface area (Å²) in [5.74, 6) is 1.55. The number of aliphatic hydroxyl groups excluding tert-OH is 1. The number of halogens is 1. The van der Waals surface area contributed by atoms with Gasteiger partial charge in [0.1, 0.15) is 0 Å². The number of piperidine rings is 1. The van der Waals surface area contributed by atoms with Crippen LogP contribution in [0.5, 0.6) is 0 Å². The number of anilines is 1. The molecule has 2 aliphatic rings. The van der Waals surface area contributed by atoms with Crippen molar-refractivity contribution in [3.63, 3.8) is 0 Å². The van der Waals surface area contributed by atoms with Crippen molar-refractivity contribution >= 4 is 17.5 Å². The average Bonchev–Trinajstić information content (AvgIpc) is 3.21. The molecule has 1 aliphatic carbocycles. The van der Waals surface area contributed by atoms with E-state index < -0.39 is 0 Å². The van der Waals surface area contributed by atoms with E-state index >= 15 is 0 Å². The normalized spacial score (nSPS) is 22.5. The molecule has 2 fully saturated rings. The summed E-state index contributed by atoms with van der Waals surface area (Å²) in [6.07, 6.45) is 9.27. The van der Waals surface area contributed by atoms with E-state index in [0.717, 1.165) is 31.4 Å². The summed E-state index contributed by atoms with van der Waals surface area (Å²) in [5, 5.41) is 9.77. The number of aliphatic hydroxyl groups is 1. The molecule has 104 valence electrons. The van der Waals surface area contributed by atoms with Crippen LogP contribution in [0.15, 0.2) is 12.4 Å². The van der Waals surface area contributed by atoms with Crippen molar-refractivity contribution in [1.82, 2.24) is 9.97 Å². The summed E-state index contributed by atoms with van der Waals surface area (Å²) in [4.78, 5) is 10.8. The molecule has 0 radical (unpaired) electrons. The van der Waals surface area contributed by atoms with E-state index in [0.29, 0.717) is 17.0 Å². The Morgan fingerprint density at radius 2 is 1.89 bits per heavy atom. The van der Waals surface area contributed by atoms with Crippen molar-refractivity contribution in [2.45, 2.75) is 32.1 Å². The summed E-state index contributed by atoms with van der Waals surface area (Å²) in [5.41, 5.74) is 0.460. The fourth-order valence-corrected chi connectivity index (χ4v) is 3.50. The van der Waals surface area contributed by atoms with Gasteiger partial charge >= 0.3 is 0 Å². The first-order valence-corrected chi connectivity index (χ1v) is 7.45. The monoisotopic (exact) mass is 281 g/mol. The quantitative estimate of drug-likeness (QED) is 0.921. The van der Waals surface area contributed by atoms with E-state index in [4.69, 9.17) is 11.6 Å². The molecule has 0 unspecified atom stereocenters. The van der Waals surface area contributed by atoms with E-state index in [1.165, 1.54) is 25.7 Å². The Labute approximate surface area is 118 Å². The van der Waals surface area contributed by atoms with Gasteiger partial charge in [0.05, 0.1) is 17.4 Å². The van der Waals surface area contributed by atoms with Crippen molar-refractivity contribution in [3.05, 3.63) is 17.4 Å². The van der Waals surface area contributed by atoms with Crippen LogP contribution >= 0.6 is 11.6 Å². The van der Waals surface area contributed by atoms with Crippen LogP contribution < -0.4 is 4.90 Å². The van der Waals surface area contributed by atoms with Gasteiger partial charge in [-0.15, -0.1) is 0 Å². The lowest BCUT2D eigenvalue weighted by Crippen LogP contribution is -2.37. The van der Waals surface area contributed by atoms with Crippen LogP contribution in [-0.2, 0) is 0 Å². The Morgan fingerprint density at radius 1 is 1.26 bits per heavy atom. The van der Waals surface area contributed by atoms with Crippen molar-refractivity contribution in [2.24, 2.45) is 11.3 Å². The average molecular weight is 282 g/mol. The zero-order valence-electron chi connectivity index (χ0n) is 11.1. The van der Waals surface area contributed by atoms with Gasteiger partial charge in [-0.25, -0.2) is 9.97 Å². The molecule has 0 atom stereocenters. The predicted molar refractivity (Wildman–Crippen MR) is 75.3 cm³/mol. The highest BCUT2D eigenvalue weighted by molar-refractivity contribution is 6.30. The molecule has 0 bridgehead atoms. The standard InChI is InChI=1S/C14H20ClN3O/c15-12-9-16-13(17-10-12)18-6-1-11(2-7-18)14(3-4-14)5-8-19/h9-11,19H,1-8H2. The minimum Gasteiger partial charge on any atom is -0.396 e. The first kappa shape index (κ1) is 13.1. The molecular weight excluding hydrogens is 262 g/mol. The van der Waals surface area contributed by atoms with Gasteiger partial charge in [0, 0.05) is 19.7 Å². The Morgan fingerprint density at radius 3 is 2.42 bits per heavy atom. The second-order valence-corrected chi connectivity index (χ2v) is 6.24. The van der Waals surface area contributed by atoms with E-state index in [2.05, 4.69) is 14.9 Å². The second kappa shape index (κ2) is 5.25. The molecule has 1 N–H and O–H groups in total. The maximum absolute atomic E-state index is 9.19. The summed E-state index contributed by atoms with van der Waals surface area (Å²) in [6, 6.07) is 0. The first-order valence-electron chi connectivity index (χ1n) is 7.07. The van der Waals surface area contributed by atoms with E-state index in [1.807, 2.05) is 0 Å². The second-order valence-electron chi connectivity index (χ2n) is 5.80. The maximum atomic E-state index is 9.19. The number of hydrogen-bond donors (Lipinski definition) is 1. The summed E-state index contributed by atoms with van der Waals surface area (Å²) < 4.78 is 0. The highest BCUT2D eigenvalue weighted by Gasteiger charge is 2.48. The molecule has 19 heavy (non-hydrogen) atoms. The van der Waals surface area contributed by atoms with Crippen molar-refractivity contribution < 1.29 is 5.11 Å². The first-order chi connectivity index (χ1) is 9.23. The number of nitrogens with zero attached hydrogens (tertiary/aromatic N) is 3. The smallest absolute Gasteiger partial charge is 0.225 e. The molecule has 1 aromatic rings. The summed E-state index contributed by atoms with van der Waals surface area (Å²) in [6.45, 7) is 2.36. The van der Waals surface area contributed by atoms with Crippen molar-refractivity contribution in [2.75, 3.05) is 24.6 Å².